The van der Waals surface area contributed by atoms with Crippen LogP contribution in [0.15, 0.2) is 24.3 Å². The van der Waals surface area contributed by atoms with Crippen molar-refractivity contribution in [3.63, 3.8) is 0 Å². The molecule has 0 rings (SSSR count). The molecule has 250 valence electrons. The Balaban J connectivity index is 4.10. The van der Waals surface area contributed by atoms with Crippen LogP contribution in [-0.2, 0) is 19.1 Å². The number of allylic oxidation sites excluding steroid dienone is 4. The highest BCUT2D eigenvalue weighted by molar-refractivity contribution is 6.41. The molecule has 0 spiro atoms. The third-order valence-corrected chi connectivity index (χ3v) is 8.24. The molecular weight excluding hydrogens is 532 g/mol. The van der Waals surface area contributed by atoms with Gasteiger partial charge in [-0.3, -0.25) is 14.4 Å². The Morgan fingerprint density at radius 2 is 0.884 bits per heavy atom. The molecule has 0 fully saturated rings. The second-order valence-electron chi connectivity index (χ2n) is 12.5. The van der Waals surface area contributed by atoms with Crippen molar-refractivity contribution in [1.82, 2.24) is 0 Å². The van der Waals surface area contributed by atoms with Crippen LogP contribution >= 0.6 is 0 Å². The number of carbonyl (C=O) groups excluding carboxylic acids is 3. The molecule has 0 amide bonds. The van der Waals surface area contributed by atoms with Crippen molar-refractivity contribution < 1.29 is 19.1 Å². The number of hydrogen-bond donors (Lipinski definition) is 0. The van der Waals surface area contributed by atoms with Gasteiger partial charge in [0.2, 0.25) is 5.78 Å². The first-order valence-corrected chi connectivity index (χ1v) is 18.6. The van der Waals surface area contributed by atoms with Crippen molar-refractivity contribution in [3.05, 3.63) is 24.3 Å². The number of ether oxygens (including phenoxy) is 1. The number of Topliss-reactive ketones (excluding diaryl/α,β-unsaturated/α-hetero) is 2. The van der Waals surface area contributed by atoms with Gasteiger partial charge in [0.05, 0.1) is 6.61 Å². The van der Waals surface area contributed by atoms with E-state index in [0.717, 1.165) is 64.2 Å². The molecule has 0 saturated carbocycles. The molecule has 0 N–H and O–H groups in total. The van der Waals surface area contributed by atoms with E-state index < -0.39 is 23.5 Å². The summed E-state index contributed by atoms with van der Waals surface area (Å²) < 4.78 is 5.29. The minimum atomic E-state index is -0.923. The molecule has 0 saturated heterocycles. The lowest BCUT2D eigenvalue weighted by atomic mass is 9.92. The molecule has 1 unspecified atom stereocenters. The summed E-state index contributed by atoms with van der Waals surface area (Å²) in [6, 6.07) is 0. The number of ketones is 2. The maximum atomic E-state index is 12.9. The van der Waals surface area contributed by atoms with Gasteiger partial charge in [-0.25, -0.2) is 0 Å². The van der Waals surface area contributed by atoms with Crippen molar-refractivity contribution in [3.8, 4) is 0 Å². The van der Waals surface area contributed by atoms with E-state index in [9.17, 15) is 14.4 Å². The Kier molecular flexibility index (Phi) is 31.9. The van der Waals surface area contributed by atoms with E-state index in [0.29, 0.717) is 19.4 Å². The van der Waals surface area contributed by atoms with Gasteiger partial charge < -0.3 is 4.74 Å². The highest BCUT2D eigenvalue weighted by Crippen LogP contribution is 2.18. The summed E-state index contributed by atoms with van der Waals surface area (Å²) in [7, 11) is 0. The first-order valence-electron chi connectivity index (χ1n) is 18.6. The van der Waals surface area contributed by atoms with Gasteiger partial charge in [0.15, 0.2) is 5.78 Å². The molecule has 4 nitrogen and oxygen atoms in total. The van der Waals surface area contributed by atoms with Crippen LogP contribution in [0, 0.1) is 5.92 Å². The highest BCUT2D eigenvalue weighted by atomic mass is 16.5. The number of hydrogen-bond acceptors (Lipinski definition) is 4. The Morgan fingerprint density at radius 1 is 0.488 bits per heavy atom. The fourth-order valence-electron chi connectivity index (χ4n) is 5.40. The first-order chi connectivity index (χ1) is 21.1. The molecule has 0 aromatic heterocycles. The van der Waals surface area contributed by atoms with Gasteiger partial charge in [0.25, 0.3) is 0 Å². The van der Waals surface area contributed by atoms with Crippen LogP contribution in [0.25, 0.3) is 0 Å². The first kappa shape index (κ1) is 41.3. The molecular formula is C39H70O4. The molecule has 0 radical (unpaired) electrons. The van der Waals surface area contributed by atoms with Gasteiger partial charge in [-0.05, 0) is 70.6 Å². The Labute approximate surface area is 267 Å². The fraction of sp³-hybridized carbons (Fsp3) is 0.821. The average molecular weight is 603 g/mol. The molecule has 0 aromatic carbocycles. The van der Waals surface area contributed by atoms with Crippen molar-refractivity contribution in [2.45, 2.75) is 194 Å². The van der Waals surface area contributed by atoms with E-state index in [2.05, 4.69) is 38.2 Å². The van der Waals surface area contributed by atoms with Crippen LogP contribution in [-0.4, -0.2) is 24.1 Å². The minimum absolute atomic E-state index is 0.245. The quantitative estimate of drug-likeness (QED) is 0.0246. The van der Waals surface area contributed by atoms with Crippen molar-refractivity contribution in [1.29, 1.82) is 0 Å². The van der Waals surface area contributed by atoms with Gasteiger partial charge in [0, 0.05) is 6.42 Å². The zero-order valence-corrected chi connectivity index (χ0v) is 28.8. The van der Waals surface area contributed by atoms with E-state index in [4.69, 9.17) is 4.74 Å². The lowest BCUT2D eigenvalue weighted by molar-refractivity contribution is -0.155. The molecule has 0 aliphatic carbocycles. The smallest absolute Gasteiger partial charge is 0.316 e. The summed E-state index contributed by atoms with van der Waals surface area (Å²) in [5.74, 6) is -2.36. The molecule has 0 aromatic rings. The van der Waals surface area contributed by atoms with E-state index >= 15 is 0 Å². The van der Waals surface area contributed by atoms with Gasteiger partial charge in [-0.2, -0.15) is 0 Å². The lowest BCUT2D eigenvalue weighted by Gasteiger charge is -2.14. The maximum absolute atomic E-state index is 12.9. The monoisotopic (exact) mass is 603 g/mol. The number of unbranched alkanes of at least 4 members (excludes halogenated alkanes) is 20. The second kappa shape index (κ2) is 33.2. The summed E-state index contributed by atoms with van der Waals surface area (Å²) in [6.45, 7) is 6.74. The third kappa shape index (κ3) is 27.6. The summed E-state index contributed by atoms with van der Waals surface area (Å²) >= 11 is 0. The predicted molar refractivity (Wildman–Crippen MR) is 184 cm³/mol. The van der Waals surface area contributed by atoms with Gasteiger partial charge >= 0.3 is 5.97 Å². The topological polar surface area (TPSA) is 60.4 Å². The molecule has 0 aliphatic rings. The number of rotatable bonds is 33. The summed E-state index contributed by atoms with van der Waals surface area (Å²) in [6.07, 6.45) is 39.0. The Bertz CT molecular complexity index is 708. The standard InChI is InChI=1S/C39H70O4/c1-4-7-9-11-13-15-17-19-21-23-25-27-29-31-33-36(39(42)43-35-6-3)38(41)37(40)34-32-30-28-26-24-22-20-18-16-14-12-10-8-5-2/h19-22,36H,4-18,23-35H2,1-3H3/b21-19-,22-20-. The van der Waals surface area contributed by atoms with Gasteiger partial charge in [0.1, 0.15) is 5.92 Å². The SMILES string of the molecule is CCCCCCCC/C=C\CCCCCCC(=O)C(=O)C(CCCCCC/C=C\CCCCCCCC)C(=O)OCCC. The van der Waals surface area contributed by atoms with Crippen LogP contribution in [0.3, 0.4) is 0 Å². The average Bonchev–Trinajstić information content (AvgIpc) is 3.01. The minimum Gasteiger partial charge on any atom is -0.465 e. The third-order valence-electron chi connectivity index (χ3n) is 8.24. The highest BCUT2D eigenvalue weighted by Gasteiger charge is 2.31. The predicted octanol–water partition coefficient (Wildman–Crippen LogP) is 12.0. The number of esters is 1. The van der Waals surface area contributed by atoms with E-state index in [1.807, 2.05) is 6.92 Å². The molecule has 0 bridgehead atoms. The zero-order chi connectivity index (χ0) is 31.6. The van der Waals surface area contributed by atoms with Gasteiger partial charge in [-0.15, -0.1) is 0 Å². The van der Waals surface area contributed by atoms with E-state index in [1.165, 1.54) is 89.9 Å². The summed E-state index contributed by atoms with van der Waals surface area (Å²) in [5, 5.41) is 0. The van der Waals surface area contributed by atoms with Crippen LogP contribution in [0.2, 0.25) is 0 Å². The normalized spacial score (nSPS) is 12.3. The van der Waals surface area contributed by atoms with Crippen molar-refractivity contribution in [2.24, 2.45) is 5.92 Å². The molecule has 43 heavy (non-hydrogen) atoms. The zero-order valence-electron chi connectivity index (χ0n) is 28.8. The largest absolute Gasteiger partial charge is 0.465 e. The van der Waals surface area contributed by atoms with Crippen LogP contribution in [0.1, 0.15) is 194 Å². The fourth-order valence-corrected chi connectivity index (χ4v) is 5.40. The summed E-state index contributed by atoms with van der Waals surface area (Å²) in [4.78, 5) is 38.2. The lowest BCUT2D eigenvalue weighted by Crippen LogP contribution is -2.32. The number of carbonyl (C=O) groups is 3. The van der Waals surface area contributed by atoms with Crippen molar-refractivity contribution >= 4 is 17.5 Å². The molecule has 4 heteroatoms. The molecule has 0 heterocycles. The van der Waals surface area contributed by atoms with E-state index in [1.54, 1.807) is 0 Å². The van der Waals surface area contributed by atoms with Crippen LogP contribution < -0.4 is 0 Å². The van der Waals surface area contributed by atoms with Crippen molar-refractivity contribution in [2.75, 3.05) is 6.61 Å². The van der Waals surface area contributed by atoms with E-state index in [-0.39, 0.29) is 6.42 Å². The second-order valence-corrected chi connectivity index (χ2v) is 12.5. The molecule has 0 aliphatic heterocycles. The Morgan fingerprint density at radius 3 is 1.33 bits per heavy atom. The maximum Gasteiger partial charge on any atom is 0.316 e. The summed E-state index contributed by atoms with van der Waals surface area (Å²) in [5.41, 5.74) is 0. The molecule has 1 atom stereocenters. The van der Waals surface area contributed by atoms with Crippen LogP contribution in [0.5, 0.6) is 0 Å². The Hall–Kier alpha value is -1.71. The van der Waals surface area contributed by atoms with Crippen LogP contribution in [0.4, 0.5) is 0 Å². The van der Waals surface area contributed by atoms with Gasteiger partial charge in [-0.1, -0.05) is 141 Å².